The summed E-state index contributed by atoms with van der Waals surface area (Å²) in [6.45, 7) is 4.25. The Balaban J connectivity index is 1.79. The Kier molecular flexibility index (Phi) is 6.06. The summed E-state index contributed by atoms with van der Waals surface area (Å²) in [5, 5.41) is 4.48. The van der Waals surface area contributed by atoms with Crippen molar-refractivity contribution in [2.24, 2.45) is 0 Å². The standard InChI is InChI=1S/C16H24N2O2S/c1-3-20-15(19)16(2,18-13-8-9-13)10-6-12-21-14-7-4-5-11-17-14/h4-5,7,11,13,18H,3,6,8-10,12H2,1-2H3. The topological polar surface area (TPSA) is 51.2 Å². The first-order chi connectivity index (χ1) is 10.1. The average Bonchev–Trinajstić information content (AvgIpc) is 3.29. The van der Waals surface area contributed by atoms with Crippen LogP contribution in [-0.2, 0) is 9.53 Å². The first-order valence-corrected chi connectivity index (χ1v) is 8.61. The summed E-state index contributed by atoms with van der Waals surface area (Å²) < 4.78 is 5.23. The van der Waals surface area contributed by atoms with Gasteiger partial charge in [0.25, 0.3) is 0 Å². The zero-order chi connectivity index (χ0) is 15.1. The van der Waals surface area contributed by atoms with Crippen LogP contribution in [0.25, 0.3) is 0 Å². The van der Waals surface area contributed by atoms with E-state index in [1.165, 1.54) is 0 Å². The highest BCUT2D eigenvalue weighted by molar-refractivity contribution is 7.99. The molecule has 1 aliphatic rings. The molecule has 1 atom stereocenters. The molecule has 5 heteroatoms. The number of aromatic nitrogens is 1. The molecule has 1 aromatic rings. The molecule has 116 valence electrons. The van der Waals surface area contributed by atoms with Crippen molar-refractivity contribution >= 4 is 17.7 Å². The molecule has 1 aromatic heterocycles. The number of thioether (sulfide) groups is 1. The molecule has 0 aromatic carbocycles. The molecule has 4 nitrogen and oxygen atoms in total. The predicted molar refractivity (Wildman–Crippen MR) is 85.4 cm³/mol. The predicted octanol–water partition coefficient (Wildman–Crippen LogP) is 3.03. The van der Waals surface area contributed by atoms with Crippen LogP contribution in [0.4, 0.5) is 0 Å². The van der Waals surface area contributed by atoms with Gasteiger partial charge in [-0.15, -0.1) is 11.8 Å². The Morgan fingerprint density at radius 3 is 2.95 bits per heavy atom. The highest BCUT2D eigenvalue weighted by atomic mass is 32.2. The fourth-order valence-electron chi connectivity index (χ4n) is 2.24. The molecule has 1 fully saturated rings. The van der Waals surface area contributed by atoms with Crippen molar-refractivity contribution in [3.8, 4) is 0 Å². The number of ether oxygens (including phenoxy) is 1. The molecular weight excluding hydrogens is 284 g/mol. The van der Waals surface area contributed by atoms with E-state index in [1.54, 1.807) is 18.0 Å². The largest absolute Gasteiger partial charge is 0.465 e. The number of nitrogens with one attached hydrogen (secondary N) is 1. The van der Waals surface area contributed by atoms with Crippen LogP contribution in [0, 0.1) is 0 Å². The van der Waals surface area contributed by atoms with Crippen molar-refractivity contribution in [3.63, 3.8) is 0 Å². The smallest absolute Gasteiger partial charge is 0.326 e. The molecule has 0 saturated heterocycles. The van der Waals surface area contributed by atoms with E-state index < -0.39 is 5.54 Å². The average molecular weight is 308 g/mol. The molecular formula is C16H24N2O2S. The minimum absolute atomic E-state index is 0.125. The second-order valence-corrected chi connectivity index (χ2v) is 6.71. The quantitative estimate of drug-likeness (QED) is 0.432. The number of nitrogens with zero attached hydrogens (tertiary/aromatic N) is 1. The fourth-order valence-corrected chi connectivity index (χ4v) is 3.04. The summed E-state index contributed by atoms with van der Waals surface area (Å²) in [7, 11) is 0. The van der Waals surface area contributed by atoms with Crippen LogP contribution in [0.2, 0.25) is 0 Å². The Bertz CT molecular complexity index is 451. The van der Waals surface area contributed by atoms with Crippen LogP contribution in [-0.4, -0.2) is 34.9 Å². The lowest BCUT2D eigenvalue weighted by atomic mass is 9.96. The fraction of sp³-hybridized carbons (Fsp3) is 0.625. The minimum Gasteiger partial charge on any atom is -0.465 e. The number of carbonyl (C=O) groups excluding carboxylic acids is 1. The lowest BCUT2D eigenvalue weighted by Crippen LogP contribution is -2.51. The summed E-state index contributed by atoms with van der Waals surface area (Å²) in [5.41, 5.74) is -0.554. The lowest BCUT2D eigenvalue weighted by Gasteiger charge is -2.28. The second kappa shape index (κ2) is 7.80. The van der Waals surface area contributed by atoms with Crippen LogP contribution >= 0.6 is 11.8 Å². The van der Waals surface area contributed by atoms with Gasteiger partial charge in [0, 0.05) is 12.2 Å². The Labute approximate surface area is 131 Å². The van der Waals surface area contributed by atoms with E-state index in [-0.39, 0.29) is 5.97 Å². The Morgan fingerprint density at radius 2 is 2.33 bits per heavy atom. The van der Waals surface area contributed by atoms with E-state index in [4.69, 9.17) is 4.74 Å². The number of rotatable bonds is 9. The van der Waals surface area contributed by atoms with Gasteiger partial charge >= 0.3 is 5.97 Å². The molecule has 0 bridgehead atoms. The van der Waals surface area contributed by atoms with E-state index in [1.807, 2.05) is 32.0 Å². The van der Waals surface area contributed by atoms with Crippen molar-refractivity contribution < 1.29 is 9.53 Å². The maximum absolute atomic E-state index is 12.2. The van der Waals surface area contributed by atoms with Crippen molar-refractivity contribution in [3.05, 3.63) is 24.4 Å². The zero-order valence-corrected chi connectivity index (χ0v) is 13.6. The first-order valence-electron chi connectivity index (χ1n) is 7.63. The van der Waals surface area contributed by atoms with Gasteiger partial charge in [-0.05, 0) is 57.4 Å². The van der Waals surface area contributed by atoms with Gasteiger partial charge in [0.15, 0.2) is 0 Å². The molecule has 2 rings (SSSR count). The third-order valence-corrected chi connectivity index (χ3v) is 4.56. The Morgan fingerprint density at radius 1 is 1.52 bits per heavy atom. The van der Waals surface area contributed by atoms with E-state index >= 15 is 0 Å². The normalized spacial score (nSPS) is 17.2. The molecule has 0 aliphatic heterocycles. The summed E-state index contributed by atoms with van der Waals surface area (Å²) in [6.07, 6.45) is 5.88. The summed E-state index contributed by atoms with van der Waals surface area (Å²) in [4.78, 5) is 16.5. The van der Waals surface area contributed by atoms with Crippen LogP contribution < -0.4 is 5.32 Å². The van der Waals surface area contributed by atoms with Gasteiger partial charge in [-0.1, -0.05) is 6.07 Å². The lowest BCUT2D eigenvalue weighted by molar-refractivity contribution is -0.151. The molecule has 0 amide bonds. The van der Waals surface area contributed by atoms with Gasteiger partial charge in [0.1, 0.15) is 5.54 Å². The molecule has 1 saturated carbocycles. The SMILES string of the molecule is CCOC(=O)C(C)(CCCSc1ccccn1)NC1CC1. The zero-order valence-electron chi connectivity index (χ0n) is 12.8. The van der Waals surface area contributed by atoms with Gasteiger partial charge in [-0.25, -0.2) is 4.98 Å². The van der Waals surface area contributed by atoms with Crippen molar-refractivity contribution in [1.82, 2.24) is 10.3 Å². The first kappa shape index (κ1) is 16.3. The van der Waals surface area contributed by atoms with Crippen molar-refractivity contribution in [1.29, 1.82) is 0 Å². The van der Waals surface area contributed by atoms with E-state index in [0.29, 0.717) is 12.6 Å². The van der Waals surface area contributed by atoms with Crippen LogP contribution in [0.1, 0.15) is 39.5 Å². The van der Waals surface area contributed by atoms with E-state index in [9.17, 15) is 4.79 Å². The number of esters is 1. The summed E-state index contributed by atoms with van der Waals surface area (Å²) in [6, 6.07) is 6.41. The maximum atomic E-state index is 12.2. The molecule has 21 heavy (non-hydrogen) atoms. The number of hydrogen-bond donors (Lipinski definition) is 1. The molecule has 1 unspecified atom stereocenters. The monoisotopic (exact) mass is 308 g/mol. The van der Waals surface area contributed by atoms with Gasteiger partial charge in [0.2, 0.25) is 0 Å². The second-order valence-electron chi connectivity index (χ2n) is 5.59. The van der Waals surface area contributed by atoms with Crippen LogP contribution in [0.3, 0.4) is 0 Å². The highest BCUT2D eigenvalue weighted by Gasteiger charge is 2.39. The summed E-state index contributed by atoms with van der Waals surface area (Å²) >= 11 is 1.73. The van der Waals surface area contributed by atoms with Gasteiger partial charge in [0.05, 0.1) is 11.6 Å². The van der Waals surface area contributed by atoms with Gasteiger partial charge in [-0.3, -0.25) is 10.1 Å². The molecule has 1 aliphatic carbocycles. The maximum Gasteiger partial charge on any atom is 0.326 e. The van der Waals surface area contributed by atoms with Gasteiger partial charge < -0.3 is 4.74 Å². The van der Waals surface area contributed by atoms with Crippen LogP contribution in [0.15, 0.2) is 29.4 Å². The minimum atomic E-state index is -0.554. The molecule has 1 N–H and O–H groups in total. The summed E-state index contributed by atoms with van der Waals surface area (Å²) in [5.74, 6) is 0.831. The van der Waals surface area contributed by atoms with Crippen LogP contribution in [0.5, 0.6) is 0 Å². The molecule has 0 spiro atoms. The number of hydrogen-bond acceptors (Lipinski definition) is 5. The Hall–Kier alpha value is -1.07. The van der Waals surface area contributed by atoms with E-state index in [0.717, 1.165) is 36.5 Å². The molecule has 0 radical (unpaired) electrons. The third-order valence-electron chi connectivity index (χ3n) is 3.53. The number of carbonyl (C=O) groups is 1. The number of pyridine rings is 1. The molecule has 1 heterocycles. The third kappa shape index (κ3) is 5.32. The highest BCUT2D eigenvalue weighted by Crippen LogP contribution is 2.27. The van der Waals surface area contributed by atoms with Crippen molar-refractivity contribution in [2.75, 3.05) is 12.4 Å². The van der Waals surface area contributed by atoms with Gasteiger partial charge in [-0.2, -0.15) is 0 Å². The van der Waals surface area contributed by atoms with Crippen molar-refractivity contribution in [2.45, 2.75) is 56.1 Å². The van der Waals surface area contributed by atoms with E-state index in [2.05, 4.69) is 10.3 Å².